The van der Waals surface area contributed by atoms with Crippen LogP contribution in [0.15, 0.2) is 42.5 Å². The molecule has 23 heavy (non-hydrogen) atoms. The predicted octanol–water partition coefficient (Wildman–Crippen LogP) is 4.26. The van der Waals surface area contributed by atoms with Crippen LogP contribution in [0.3, 0.4) is 0 Å². The summed E-state index contributed by atoms with van der Waals surface area (Å²) in [6, 6.07) is 8.08. The second kappa shape index (κ2) is 8.47. The summed E-state index contributed by atoms with van der Waals surface area (Å²) in [5, 5.41) is 0. The van der Waals surface area contributed by atoms with Gasteiger partial charge < -0.3 is 4.74 Å². The SMILES string of the molecule is CC(C)OC(=O)CCC(=O)Cc1ccc(C2=CCCC=C2)cc1. The maximum Gasteiger partial charge on any atom is 0.306 e. The molecule has 0 atom stereocenters. The van der Waals surface area contributed by atoms with Crippen LogP contribution in [0.2, 0.25) is 0 Å². The summed E-state index contributed by atoms with van der Waals surface area (Å²) in [6.07, 6.45) is 9.38. The van der Waals surface area contributed by atoms with E-state index < -0.39 is 0 Å². The molecule has 3 nitrogen and oxygen atoms in total. The minimum absolute atomic E-state index is 0.0650. The Morgan fingerprint density at radius 2 is 1.83 bits per heavy atom. The van der Waals surface area contributed by atoms with E-state index in [2.05, 4.69) is 30.4 Å². The molecule has 0 aromatic heterocycles. The Morgan fingerprint density at radius 1 is 1.09 bits per heavy atom. The fourth-order valence-corrected chi connectivity index (χ4v) is 2.52. The van der Waals surface area contributed by atoms with E-state index in [1.165, 1.54) is 11.1 Å². The van der Waals surface area contributed by atoms with Gasteiger partial charge in [0.1, 0.15) is 5.78 Å². The van der Waals surface area contributed by atoms with Crippen molar-refractivity contribution < 1.29 is 14.3 Å². The minimum Gasteiger partial charge on any atom is -0.463 e. The molecule has 3 heteroatoms. The molecule has 0 N–H and O–H groups in total. The van der Waals surface area contributed by atoms with Crippen molar-refractivity contribution in [2.75, 3.05) is 0 Å². The first-order valence-electron chi connectivity index (χ1n) is 8.22. The fourth-order valence-electron chi connectivity index (χ4n) is 2.52. The molecule has 0 fully saturated rings. The Bertz CT molecular complexity index is 606. The van der Waals surface area contributed by atoms with Crippen molar-refractivity contribution in [2.24, 2.45) is 0 Å². The number of benzene rings is 1. The van der Waals surface area contributed by atoms with E-state index >= 15 is 0 Å². The van der Waals surface area contributed by atoms with Crippen molar-refractivity contribution in [2.45, 2.75) is 52.1 Å². The molecule has 0 bridgehead atoms. The summed E-state index contributed by atoms with van der Waals surface area (Å²) in [5.74, 6) is -0.241. The van der Waals surface area contributed by atoms with Crippen LogP contribution in [-0.4, -0.2) is 17.9 Å². The molecule has 0 unspecified atom stereocenters. The number of esters is 1. The molecule has 0 radical (unpaired) electrons. The molecule has 1 aliphatic rings. The van der Waals surface area contributed by atoms with Crippen LogP contribution >= 0.6 is 0 Å². The first-order valence-corrected chi connectivity index (χ1v) is 8.22. The van der Waals surface area contributed by atoms with Crippen LogP contribution in [0.25, 0.3) is 5.57 Å². The quantitative estimate of drug-likeness (QED) is 0.706. The molecule has 0 aliphatic heterocycles. The number of Topliss-reactive ketones (excluding diaryl/α,β-unsaturated/α-hetero) is 1. The topological polar surface area (TPSA) is 43.4 Å². The number of rotatable bonds is 7. The van der Waals surface area contributed by atoms with Gasteiger partial charge in [-0.2, -0.15) is 0 Å². The smallest absolute Gasteiger partial charge is 0.306 e. The fraction of sp³-hybridized carbons (Fsp3) is 0.400. The van der Waals surface area contributed by atoms with E-state index in [0.29, 0.717) is 6.42 Å². The molecular formula is C20H24O3. The van der Waals surface area contributed by atoms with Crippen LogP contribution in [-0.2, 0) is 20.7 Å². The van der Waals surface area contributed by atoms with Crippen LogP contribution in [0.5, 0.6) is 0 Å². The summed E-state index contributed by atoms with van der Waals surface area (Å²) in [4.78, 5) is 23.4. The van der Waals surface area contributed by atoms with Crippen molar-refractivity contribution in [1.82, 2.24) is 0 Å². The number of hydrogen-bond acceptors (Lipinski definition) is 3. The average molecular weight is 312 g/mol. The van der Waals surface area contributed by atoms with Crippen molar-refractivity contribution in [1.29, 1.82) is 0 Å². The molecule has 0 heterocycles. The van der Waals surface area contributed by atoms with Gasteiger partial charge in [-0.15, -0.1) is 0 Å². The maximum absolute atomic E-state index is 12.0. The Kier molecular flexibility index (Phi) is 6.33. The van der Waals surface area contributed by atoms with Crippen molar-refractivity contribution in [3.05, 3.63) is 53.6 Å². The highest BCUT2D eigenvalue weighted by Gasteiger charge is 2.10. The third-order valence-corrected chi connectivity index (χ3v) is 3.66. The molecule has 1 aliphatic carbocycles. The van der Waals surface area contributed by atoms with E-state index in [1.54, 1.807) is 13.8 Å². The lowest BCUT2D eigenvalue weighted by molar-refractivity contribution is -0.148. The monoisotopic (exact) mass is 312 g/mol. The first-order chi connectivity index (χ1) is 11.0. The van der Waals surface area contributed by atoms with E-state index in [1.807, 2.05) is 12.1 Å². The zero-order valence-corrected chi connectivity index (χ0v) is 13.9. The van der Waals surface area contributed by atoms with Crippen molar-refractivity contribution in [3.63, 3.8) is 0 Å². The standard InChI is InChI=1S/C20H24O3/c1-15(2)23-20(22)13-12-19(21)14-16-8-10-18(11-9-16)17-6-4-3-5-7-17/h4,6-11,15H,3,5,12-14H2,1-2H3. The normalized spacial score (nSPS) is 13.8. The van der Waals surface area contributed by atoms with E-state index in [-0.39, 0.29) is 30.7 Å². The summed E-state index contributed by atoms with van der Waals surface area (Å²) in [7, 11) is 0. The summed E-state index contributed by atoms with van der Waals surface area (Å²) in [6.45, 7) is 3.61. The number of carbonyl (C=O) groups is 2. The largest absolute Gasteiger partial charge is 0.463 e. The van der Waals surface area contributed by atoms with Crippen LogP contribution in [0, 0.1) is 0 Å². The second-order valence-electron chi connectivity index (χ2n) is 6.09. The lowest BCUT2D eigenvalue weighted by Crippen LogP contribution is -2.13. The molecule has 0 saturated heterocycles. The Balaban J connectivity index is 1.83. The number of ether oxygens (including phenoxy) is 1. The Labute approximate surface area is 138 Å². The molecule has 0 amide bonds. The van der Waals surface area contributed by atoms with Crippen molar-refractivity contribution in [3.8, 4) is 0 Å². The molecular weight excluding hydrogens is 288 g/mol. The predicted molar refractivity (Wildman–Crippen MR) is 92.0 cm³/mol. The lowest BCUT2D eigenvalue weighted by atomic mass is 9.97. The number of allylic oxidation sites excluding steroid dienone is 4. The van der Waals surface area contributed by atoms with Gasteiger partial charge in [0, 0.05) is 12.8 Å². The summed E-state index contributed by atoms with van der Waals surface area (Å²) in [5.41, 5.74) is 3.40. The van der Waals surface area contributed by atoms with Gasteiger partial charge in [-0.3, -0.25) is 9.59 Å². The highest BCUT2D eigenvalue weighted by Crippen LogP contribution is 2.21. The number of hydrogen-bond donors (Lipinski definition) is 0. The van der Waals surface area contributed by atoms with Gasteiger partial charge in [0.25, 0.3) is 0 Å². The summed E-state index contributed by atoms with van der Waals surface area (Å²) >= 11 is 0. The van der Waals surface area contributed by atoms with E-state index in [9.17, 15) is 9.59 Å². The number of carbonyl (C=O) groups excluding carboxylic acids is 2. The van der Waals surface area contributed by atoms with Gasteiger partial charge in [0.2, 0.25) is 0 Å². The Morgan fingerprint density at radius 3 is 2.43 bits per heavy atom. The zero-order chi connectivity index (χ0) is 16.7. The molecule has 0 spiro atoms. The first kappa shape index (κ1) is 17.2. The highest BCUT2D eigenvalue weighted by molar-refractivity contribution is 5.84. The third-order valence-electron chi connectivity index (χ3n) is 3.66. The van der Waals surface area contributed by atoms with E-state index in [0.717, 1.165) is 18.4 Å². The van der Waals surface area contributed by atoms with Gasteiger partial charge in [-0.1, -0.05) is 42.5 Å². The minimum atomic E-state index is -0.306. The van der Waals surface area contributed by atoms with Crippen LogP contribution in [0.4, 0.5) is 0 Å². The second-order valence-corrected chi connectivity index (χ2v) is 6.09. The van der Waals surface area contributed by atoms with Crippen LogP contribution < -0.4 is 0 Å². The third kappa shape index (κ3) is 5.85. The lowest BCUT2D eigenvalue weighted by Gasteiger charge is -2.09. The van der Waals surface area contributed by atoms with Crippen molar-refractivity contribution >= 4 is 17.3 Å². The highest BCUT2D eigenvalue weighted by atomic mass is 16.5. The summed E-state index contributed by atoms with van der Waals surface area (Å²) < 4.78 is 5.03. The van der Waals surface area contributed by atoms with Gasteiger partial charge in [-0.05, 0) is 43.4 Å². The molecule has 1 aromatic rings. The van der Waals surface area contributed by atoms with Gasteiger partial charge in [0.05, 0.1) is 12.5 Å². The Hall–Kier alpha value is -2.16. The van der Waals surface area contributed by atoms with E-state index in [4.69, 9.17) is 4.74 Å². The average Bonchev–Trinajstić information content (AvgIpc) is 2.54. The molecule has 2 rings (SSSR count). The maximum atomic E-state index is 12.0. The number of ketones is 1. The molecule has 122 valence electrons. The van der Waals surface area contributed by atoms with Gasteiger partial charge >= 0.3 is 5.97 Å². The van der Waals surface area contributed by atoms with Gasteiger partial charge in [-0.25, -0.2) is 0 Å². The van der Waals surface area contributed by atoms with Gasteiger partial charge in [0.15, 0.2) is 0 Å². The zero-order valence-electron chi connectivity index (χ0n) is 13.9. The molecule has 0 saturated carbocycles. The molecule has 1 aromatic carbocycles. The van der Waals surface area contributed by atoms with Crippen LogP contribution in [0.1, 0.15) is 50.7 Å².